The van der Waals surface area contributed by atoms with Crippen LogP contribution in [0.5, 0.6) is 5.75 Å². The van der Waals surface area contributed by atoms with Crippen LogP contribution >= 0.6 is 0 Å². The Morgan fingerprint density at radius 1 is 1.00 bits per heavy atom. The van der Waals surface area contributed by atoms with Crippen molar-refractivity contribution in [2.24, 2.45) is 17.8 Å². The molecule has 1 aromatic rings. The second-order valence-electron chi connectivity index (χ2n) is 8.66. The fourth-order valence-electron chi connectivity index (χ4n) is 4.96. The van der Waals surface area contributed by atoms with Crippen LogP contribution in [-0.4, -0.2) is 0 Å². The summed E-state index contributed by atoms with van der Waals surface area (Å²) in [5, 5.41) is 0. The number of ether oxygens (including phenoxy) is 1. The zero-order valence-corrected chi connectivity index (χ0v) is 17.8. The number of hydrogen-bond acceptors (Lipinski definition) is 1. The molecule has 0 heterocycles. The highest BCUT2D eigenvalue weighted by atomic mass is 19.2. The molecule has 0 unspecified atom stereocenters. The van der Waals surface area contributed by atoms with Crippen LogP contribution in [0.25, 0.3) is 0 Å². The first kappa shape index (κ1) is 22.2. The molecular weight excluding hydrogens is 378 g/mol. The predicted octanol–water partition coefficient (Wildman–Crippen LogP) is 7.46. The topological polar surface area (TPSA) is 9.23 Å². The van der Waals surface area contributed by atoms with Crippen LogP contribution in [0.15, 0.2) is 48.4 Å². The molecule has 0 radical (unpaired) electrons. The number of rotatable bonds is 4. The summed E-state index contributed by atoms with van der Waals surface area (Å²) < 4.78 is 34.4. The molecule has 2 aliphatic carbocycles. The van der Waals surface area contributed by atoms with Crippen molar-refractivity contribution in [2.75, 3.05) is 0 Å². The molecule has 3 heteroatoms. The third kappa shape index (κ3) is 5.34. The van der Waals surface area contributed by atoms with Crippen LogP contribution < -0.4 is 4.74 Å². The molecule has 0 aromatic heterocycles. The molecule has 0 amide bonds. The third-order valence-electron chi connectivity index (χ3n) is 6.79. The number of allylic oxidation sites excluding steroid dienone is 2. The summed E-state index contributed by atoms with van der Waals surface area (Å²) in [6.45, 7) is 9.33. The van der Waals surface area contributed by atoms with Gasteiger partial charge >= 0.3 is 0 Å². The second-order valence-corrected chi connectivity index (χ2v) is 8.66. The van der Waals surface area contributed by atoms with Crippen molar-refractivity contribution in [3.8, 4) is 17.8 Å². The van der Waals surface area contributed by atoms with Crippen molar-refractivity contribution in [2.45, 2.75) is 64.2 Å². The first-order valence-corrected chi connectivity index (χ1v) is 11.0. The molecule has 158 valence electrons. The summed E-state index contributed by atoms with van der Waals surface area (Å²) in [5.74, 6) is 3.11. The zero-order valence-electron chi connectivity index (χ0n) is 17.8. The number of hydrogen-bond donors (Lipinski definition) is 0. The molecule has 1 aromatic carbocycles. The van der Waals surface area contributed by atoms with Gasteiger partial charge in [0.1, 0.15) is 6.11 Å². The van der Waals surface area contributed by atoms with Crippen molar-refractivity contribution in [3.05, 3.63) is 65.6 Å². The largest absolute Gasteiger partial charge is 0.404 e. The molecule has 30 heavy (non-hydrogen) atoms. The van der Waals surface area contributed by atoms with Gasteiger partial charge in [0.05, 0.1) is 5.57 Å². The Morgan fingerprint density at radius 2 is 1.63 bits per heavy atom. The molecule has 0 atom stereocenters. The van der Waals surface area contributed by atoms with Gasteiger partial charge in [-0.1, -0.05) is 43.9 Å². The van der Waals surface area contributed by atoms with Gasteiger partial charge in [0.25, 0.3) is 0 Å². The van der Waals surface area contributed by atoms with Crippen LogP contribution in [0, 0.1) is 41.4 Å². The van der Waals surface area contributed by atoms with E-state index in [1.165, 1.54) is 37.8 Å². The lowest BCUT2D eigenvalue weighted by Gasteiger charge is -2.37. The molecule has 2 saturated carbocycles. The zero-order chi connectivity index (χ0) is 21.5. The van der Waals surface area contributed by atoms with E-state index < -0.39 is 11.6 Å². The molecule has 0 bridgehead atoms. The maximum Gasteiger partial charge on any atom is 0.202 e. The van der Waals surface area contributed by atoms with Crippen molar-refractivity contribution in [1.29, 1.82) is 0 Å². The molecular formula is C27H30F2O. The molecule has 3 rings (SSSR count). The monoisotopic (exact) mass is 408 g/mol. The van der Waals surface area contributed by atoms with Gasteiger partial charge in [-0.15, -0.1) is 0 Å². The Labute approximate surface area is 179 Å². The van der Waals surface area contributed by atoms with Crippen molar-refractivity contribution >= 4 is 0 Å². The molecule has 2 aliphatic rings. The van der Waals surface area contributed by atoms with Crippen molar-refractivity contribution in [3.63, 3.8) is 0 Å². The van der Waals surface area contributed by atoms with E-state index in [9.17, 15) is 8.78 Å². The summed E-state index contributed by atoms with van der Waals surface area (Å²) >= 11 is 0. The number of halogens is 2. The Bertz CT molecular complexity index is 906. The van der Waals surface area contributed by atoms with Crippen molar-refractivity contribution < 1.29 is 13.5 Å². The van der Waals surface area contributed by atoms with E-state index >= 15 is 0 Å². The van der Waals surface area contributed by atoms with Gasteiger partial charge in [-0.3, -0.25) is 0 Å². The lowest BCUT2D eigenvalue weighted by Crippen LogP contribution is -2.25. The Balaban J connectivity index is 1.63. The highest BCUT2D eigenvalue weighted by molar-refractivity contribution is 5.38. The molecule has 0 N–H and O–H groups in total. The minimum Gasteiger partial charge on any atom is -0.404 e. The normalized spacial score (nSPS) is 25.8. The lowest BCUT2D eigenvalue weighted by atomic mass is 9.68. The summed E-state index contributed by atoms with van der Waals surface area (Å²) in [7, 11) is 0. The van der Waals surface area contributed by atoms with Gasteiger partial charge in [0.15, 0.2) is 11.6 Å². The van der Waals surface area contributed by atoms with E-state index in [1.807, 2.05) is 0 Å². The molecule has 1 nitrogen and oxygen atoms in total. The van der Waals surface area contributed by atoms with Crippen LogP contribution in [0.4, 0.5) is 8.78 Å². The van der Waals surface area contributed by atoms with E-state index in [2.05, 4.69) is 43.6 Å². The molecule has 2 fully saturated rings. The summed E-state index contributed by atoms with van der Waals surface area (Å²) in [5.41, 5.74) is 5.97. The number of benzene rings is 1. The maximum atomic E-state index is 14.8. The van der Waals surface area contributed by atoms with E-state index in [0.29, 0.717) is 11.1 Å². The van der Waals surface area contributed by atoms with Gasteiger partial charge in [-0.25, -0.2) is 4.39 Å². The van der Waals surface area contributed by atoms with Crippen LogP contribution in [0.3, 0.4) is 0 Å². The average molecular weight is 409 g/mol. The first-order chi connectivity index (χ1) is 14.5. The molecule has 0 spiro atoms. The summed E-state index contributed by atoms with van der Waals surface area (Å²) in [4.78, 5) is 0. The van der Waals surface area contributed by atoms with Crippen LogP contribution in [0.2, 0.25) is 0 Å². The van der Waals surface area contributed by atoms with Gasteiger partial charge in [-0.2, -0.15) is 4.39 Å². The third-order valence-corrected chi connectivity index (χ3v) is 6.79. The lowest BCUT2D eigenvalue weighted by molar-refractivity contribution is 0.164. The predicted molar refractivity (Wildman–Crippen MR) is 117 cm³/mol. The van der Waals surface area contributed by atoms with Crippen LogP contribution in [-0.2, 0) is 0 Å². The Hall–Kier alpha value is -2.52. The minimum absolute atomic E-state index is 0.0754. The fourth-order valence-corrected chi connectivity index (χ4v) is 4.96. The Morgan fingerprint density at radius 3 is 2.23 bits per heavy atom. The van der Waals surface area contributed by atoms with Crippen molar-refractivity contribution in [1.82, 2.24) is 0 Å². The summed E-state index contributed by atoms with van der Waals surface area (Å²) in [6.07, 6.45) is 13.2. The van der Waals surface area contributed by atoms with Gasteiger partial charge in [0, 0.05) is 0 Å². The smallest absolute Gasteiger partial charge is 0.202 e. The Kier molecular flexibility index (Phi) is 7.75. The quantitative estimate of drug-likeness (QED) is 0.285. The minimum atomic E-state index is -0.978. The van der Waals surface area contributed by atoms with Crippen LogP contribution in [0.1, 0.15) is 69.8 Å². The van der Waals surface area contributed by atoms with Gasteiger partial charge < -0.3 is 4.74 Å². The molecule has 0 saturated heterocycles. The van der Waals surface area contributed by atoms with E-state index in [1.54, 1.807) is 6.07 Å². The van der Waals surface area contributed by atoms with Gasteiger partial charge in [-0.05, 0) is 92.4 Å². The molecule has 0 aliphatic heterocycles. The van der Waals surface area contributed by atoms with E-state index in [4.69, 9.17) is 4.74 Å². The average Bonchev–Trinajstić information content (AvgIpc) is 2.77. The highest BCUT2D eigenvalue weighted by Crippen LogP contribution is 2.44. The second kappa shape index (κ2) is 10.5. The maximum absolute atomic E-state index is 14.8. The summed E-state index contributed by atoms with van der Waals surface area (Å²) in [6, 6.07) is 3.12. The fraction of sp³-hybridized carbons (Fsp3) is 0.481. The van der Waals surface area contributed by atoms with E-state index in [-0.39, 0.29) is 11.7 Å². The first-order valence-electron chi connectivity index (χ1n) is 11.0. The van der Waals surface area contributed by atoms with Gasteiger partial charge in [0.2, 0.25) is 5.82 Å². The van der Waals surface area contributed by atoms with E-state index in [0.717, 1.165) is 43.4 Å². The SMILES string of the molecule is C=C=C=C(C#COc1ccc(C2CCC(C3CCC(C)CC3)CC2)c(F)c1F)C=C. The standard InChI is InChI=1S/C27H30F2O/c1-4-6-20(5-2)17-18-30-25-16-15-24(26(28)27(25)29)23-13-11-22(12-14-23)21-9-7-19(3)8-10-21/h5,15-16,19,21-23H,1-2,7-14H2,3H3. The highest BCUT2D eigenvalue weighted by Gasteiger charge is 2.32.